The lowest BCUT2D eigenvalue weighted by Crippen LogP contribution is -2.23. The number of likely N-dealkylation sites (N-methyl/N-ethyl adjacent to an activating group) is 1. The van der Waals surface area contributed by atoms with E-state index >= 15 is 0 Å². The molecule has 0 radical (unpaired) electrons. The van der Waals surface area contributed by atoms with Crippen LogP contribution in [0.5, 0.6) is 0 Å². The molecule has 8 heteroatoms. The molecule has 0 aliphatic carbocycles. The van der Waals surface area contributed by atoms with Crippen molar-refractivity contribution in [3.05, 3.63) is 53.1 Å². The number of rotatable bonds is 4. The molecular weight excluding hydrogens is 320 g/mol. The van der Waals surface area contributed by atoms with E-state index in [1.54, 1.807) is 17.3 Å². The zero-order chi connectivity index (χ0) is 17.4. The number of benzene rings is 1. The van der Waals surface area contributed by atoms with Gasteiger partial charge in [0.1, 0.15) is 5.69 Å². The van der Waals surface area contributed by atoms with E-state index in [0.29, 0.717) is 34.8 Å². The van der Waals surface area contributed by atoms with Gasteiger partial charge in [0.15, 0.2) is 5.65 Å². The van der Waals surface area contributed by atoms with Gasteiger partial charge in [0, 0.05) is 31.7 Å². The van der Waals surface area contributed by atoms with Crippen LogP contribution in [0.25, 0.3) is 28.0 Å². The highest BCUT2D eigenvalue weighted by Crippen LogP contribution is 2.28. The topological polar surface area (TPSA) is 99.9 Å². The third-order valence-corrected chi connectivity index (χ3v) is 4.08. The number of aliphatic hydroxyl groups excluding tert-OH is 1. The number of aromatic amines is 1. The summed E-state index contributed by atoms with van der Waals surface area (Å²) in [6, 6.07) is 9.65. The van der Waals surface area contributed by atoms with E-state index < -0.39 is 0 Å². The molecular formula is C17H16N6O2. The molecule has 25 heavy (non-hydrogen) atoms. The van der Waals surface area contributed by atoms with Gasteiger partial charge in [-0.2, -0.15) is 10.1 Å². The van der Waals surface area contributed by atoms with Gasteiger partial charge in [0.2, 0.25) is 5.95 Å². The Morgan fingerprint density at radius 3 is 2.84 bits per heavy atom. The Bertz CT molecular complexity index is 1060. The summed E-state index contributed by atoms with van der Waals surface area (Å²) in [6.45, 7) is 0.431. The quantitative estimate of drug-likeness (QED) is 0.577. The lowest BCUT2D eigenvalue weighted by molar-refractivity contribution is 0.303. The second kappa shape index (κ2) is 5.99. The van der Waals surface area contributed by atoms with E-state index in [2.05, 4.69) is 20.2 Å². The molecule has 0 unspecified atom stereocenters. The van der Waals surface area contributed by atoms with Crippen LogP contribution in [0.1, 0.15) is 0 Å². The molecule has 126 valence electrons. The number of para-hydroxylation sites is 1. The average Bonchev–Trinajstić information content (AvgIpc) is 3.02. The standard InChI is InChI=1S/C17H16N6O2/c1-22(7-8-24)17-18-9-12-14-13(16(25)21-20-14)10-23(15(12)19-17)11-5-3-2-4-6-11/h2-6,9-10,24H,7-8H2,1H3,(H,21,25). The Hall–Kier alpha value is -3.26. The molecule has 8 nitrogen and oxygen atoms in total. The predicted molar refractivity (Wildman–Crippen MR) is 94.3 cm³/mol. The number of aliphatic hydroxyl groups is 1. The maximum absolute atomic E-state index is 12.1. The normalized spacial score (nSPS) is 11.3. The summed E-state index contributed by atoms with van der Waals surface area (Å²) in [5.41, 5.74) is 2.30. The van der Waals surface area contributed by atoms with Crippen molar-refractivity contribution in [1.29, 1.82) is 0 Å². The van der Waals surface area contributed by atoms with Crippen molar-refractivity contribution in [2.75, 3.05) is 25.1 Å². The summed E-state index contributed by atoms with van der Waals surface area (Å²) < 4.78 is 1.85. The Morgan fingerprint density at radius 2 is 2.08 bits per heavy atom. The second-order valence-electron chi connectivity index (χ2n) is 5.70. The minimum atomic E-state index is -0.247. The molecule has 0 amide bonds. The van der Waals surface area contributed by atoms with E-state index in [1.165, 1.54) is 0 Å². The molecule has 3 heterocycles. The first-order valence-electron chi connectivity index (χ1n) is 7.83. The third kappa shape index (κ3) is 2.52. The average molecular weight is 336 g/mol. The lowest BCUT2D eigenvalue weighted by Gasteiger charge is -2.18. The monoisotopic (exact) mass is 336 g/mol. The van der Waals surface area contributed by atoms with Crippen LogP contribution in [0.4, 0.5) is 5.95 Å². The van der Waals surface area contributed by atoms with E-state index in [4.69, 9.17) is 5.11 Å². The van der Waals surface area contributed by atoms with E-state index in [0.717, 1.165) is 5.69 Å². The Morgan fingerprint density at radius 1 is 1.28 bits per heavy atom. The Balaban J connectivity index is 2.05. The van der Waals surface area contributed by atoms with Gasteiger partial charge in [0.25, 0.3) is 5.56 Å². The molecule has 2 aliphatic heterocycles. The van der Waals surface area contributed by atoms with Crippen molar-refractivity contribution >= 4 is 17.0 Å². The highest BCUT2D eigenvalue weighted by Gasteiger charge is 2.19. The molecule has 0 atom stereocenters. The number of hydrogen-bond acceptors (Lipinski definition) is 6. The molecule has 0 bridgehead atoms. The number of anilines is 1. The second-order valence-corrected chi connectivity index (χ2v) is 5.70. The molecule has 1 aromatic carbocycles. The van der Waals surface area contributed by atoms with Gasteiger partial charge in [-0.3, -0.25) is 4.79 Å². The van der Waals surface area contributed by atoms with Gasteiger partial charge in [-0.25, -0.2) is 10.1 Å². The van der Waals surface area contributed by atoms with Gasteiger partial charge in [-0.15, -0.1) is 0 Å². The number of pyridine rings is 1. The number of nitrogens with one attached hydrogen (secondary N) is 1. The SMILES string of the molecule is CN(CCO)c1ncc2c3n[nH]c(=O)c-3cn(-c3ccccc3)c2n1. The first-order chi connectivity index (χ1) is 12.2. The predicted octanol–water partition coefficient (Wildman–Crippen LogP) is 1.04. The molecule has 0 saturated heterocycles. The summed E-state index contributed by atoms with van der Waals surface area (Å²) >= 11 is 0. The first kappa shape index (κ1) is 15.3. The number of hydrogen-bond donors (Lipinski definition) is 2. The van der Waals surface area contributed by atoms with Crippen LogP contribution in [0, 0.1) is 0 Å². The Kier molecular flexibility index (Phi) is 3.66. The molecule has 2 aliphatic rings. The molecule has 4 rings (SSSR count). The molecule has 2 N–H and O–H groups in total. The summed E-state index contributed by atoms with van der Waals surface area (Å²) in [6.07, 6.45) is 3.40. The van der Waals surface area contributed by atoms with Crippen LogP contribution < -0.4 is 10.5 Å². The Labute approximate surface area is 142 Å². The maximum Gasteiger partial charge on any atom is 0.275 e. The maximum atomic E-state index is 12.1. The van der Waals surface area contributed by atoms with Crippen molar-refractivity contribution in [2.45, 2.75) is 0 Å². The van der Waals surface area contributed by atoms with E-state index in [9.17, 15) is 4.79 Å². The van der Waals surface area contributed by atoms with E-state index in [-0.39, 0.29) is 12.2 Å². The first-order valence-corrected chi connectivity index (χ1v) is 7.83. The summed E-state index contributed by atoms with van der Waals surface area (Å²) in [5, 5.41) is 16.4. The van der Waals surface area contributed by atoms with Crippen LogP contribution >= 0.6 is 0 Å². The number of fused-ring (bicyclic) bond motifs is 3. The van der Waals surface area contributed by atoms with Crippen molar-refractivity contribution in [1.82, 2.24) is 24.7 Å². The number of H-pyrrole nitrogens is 1. The van der Waals surface area contributed by atoms with Gasteiger partial charge >= 0.3 is 0 Å². The highest BCUT2D eigenvalue weighted by molar-refractivity contribution is 5.92. The molecule has 0 spiro atoms. The van der Waals surface area contributed by atoms with Crippen LogP contribution in [-0.4, -0.2) is 50.0 Å². The fourth-order valence-electron chi connectivity index (χ4n) is 2.78. The van der Waals surface area contributed by atoms with Gasteiger partial charge in [-0.05, 0) is 12.1 Å². The zero-order valence-electron chi connectivity index (χ0n) is 13.5. The number of nitrogens with zero attached hydrogens (tertiary/aromatic N) is 5. The third-order valence-electron chi connectivity index (χ3n) is 4.08. The van der Waals surface area contributed by atoms with Crippen molar-refractivity contribution in [3.8, 4) is 16.9 Å². The van der Waals surface area contributed by atoms with Crippen LogP contribution in [0.2, 0.25) is 0 Å². The fraction of sp³-hybridized carbons (Fsp3) is 0.176. The molecule has 1 aromatic heterocycles. The van der Waals surface area contributed by atoms with Crippen molar-refractivity contribution < 1.29 is 5.11 Å². The van der Waals surface area contributed by atoms with Gasteiger partial charge in [-0.1, -0.05) is 18.2 Å². The number of aromatic nitrogens is 5. The van der Waals surface area contributed by atoms with Gasteiger partial charge in [0.05, 0.1) is 17.6 Å². The van der Waals surface area contributed by atoms with Crippen molar-refractivity contribution in [2.24, 2.45) is 0 Å². The van der Waals surface area contributed by atoms with E-state index in [1.807, 2.05) is 41.9 Å². The van der Waals surface area contributed by atoms with Crippen LogP contribution in [0.15, 0.2) is 47.5 Å². The summed E-state index contributed by atoms with van der Waals surface area (Å²) in [4.78, 5) is 22.8. The zero-order valence-corrected chi connectivity index (χ0v) is 13.5. The largest absolute Gasteiger partial charge is 0.395 e. The summed E-state index contributed by atoms with van der Waals surface area (Å²) in [7, 11) is 1.81. The minimum absolute atomic E-state index is 0.00846. The molecule has 0 saturated carbocycles. The van der Waals surface area contributed by atoms with Gasteiger partial charge < -0.3 is 14.6 Å². The van der Waals surface area contributed by atoms with Crippen LogP contribution in [-0.2, 0) is 0 Å². The minimum Gasteiger partial charge on any atom is -0.395 e. The van der Waals surface area contributed by atoms with Crippen molar-refractivity contribution in [3.63, 3.8) is 0 Å². The highest BCUT2D eigenvalue weighted by atomic mass is 16.3. The fourth-order valence-corrected chi connectivity index (χ4v) is 2.78. The summed E-state index contributed by atoms with van der Waals surface area (Å²) in [5.74, 6) is 0.489. The van der Waals surface area contributed by atoms with Crippen LogP contribution in [0.3, 0.4) is 0 Å². The molecule has 2 aromatic rings. The lowest BCUT2D eigenvalue weighted by atomic mass is 10.1. The smallest absolute Gasteiger partial charge is 0.275 e. The molecule has 0 fully saturated rings.